The molecule has 0 bridgehead atoms. The van der Waals surface area contributed by atoms with E-state index in [9.17, 15) is 9.59 Å². The second-order valence-electron chi connectivity index (χ2n) is 10.2. The molecule has 1 aliphatic rings. The number of likely N-dealkylation sites (tertiary alicyclic amines) is 1. The number of hydrogen-bond donors (Lipinski definition) is 0. The zero-order valence-corrected chi connectivity index (χ0v) is 21.6. The summed E-state index contributed by atoms with van der Waals surface area (Å²) in [7, 11) is 0. The second-order valence-corrected chi connectivity index (χ2v) is 12.3. The third kappa shape index (κ3) is 6.69. The summed E-state index contributed by atoms with van der Waals surface area (Å²) in [6.45, 7) is 12.4. The number of ether oxygens (including phenoxy) is 2. The lowest BCUT2D eigenvalue weighted by atomic mass is 9.88. The van der Waals surface area contributed by atoms with Crippen LogP contribution in [0.3, 0.4) is 0 Å². The van der Waals surface area contributed by atoms with Crippen molar-refractivity contribution in [3.05, 3.63) is 33.6 Å². The molecule has 0 saturated carbocycles. The van der Waals surface area contributed by atoms with Gasteiger partial charge in [0.25, 0.3) is 0 Å². The Balaban J connectivity index is 1.79. The normalized spacial score (nSPS) is 18.3. The number of thiophene rings is 1. The average molecular weight is 510 g/mol. The Hall–Kier alpha value is -1.60. The Morgan fingerprint density at radius 2 is 1.81 bits per heavy atom. The van der Waals surface area contributed by atoms with Crippen molar-refractivity contribution < 1.29 is 19.1 Å². The number of nitrogens with zero attached hydrogens (tertiary/aromatic N) is 1. The summed E-state index contributed by atoms with van der Waals surface area (Å²) >= 11 is 5.23. The van der Waals surface area contributed by atoms with E-state index in [4.69, 9.17) is 9.47 Å². The monoisotopic (exact) mass is 509 g/mol. The standard InChI is InChI=1S/C24H32BrNO4S/c1-23(2,3)29-21(27)19(13-18-11-15-7-8-17(25)12-20(15)31-18)16-9-10-26(14-16)22(28)30-24(4,5)6/h7-8,11-12,16,19H,9-10,13-14H2,1-6H3/t16-,19-/m0/s1. The largest absolute Gasteiger partial charge is 0.460 e. The van der Waals surface area contributed by atoms with Gasteiger partial charge in [0.15, 0.2) is 0 Å². The van der Waals surface area contributed by atoms with Crippen molar-refractivity contribution in [2.45, 2.75) is 65.6 Å². The maximum atomic E-state index is 13.2. The summed E-state index contributed by atoms with van der Waals surface area (Å²) in [5, 5.41) is 1.17. The highest BCUT2D eigenvalue weighted by Gasteiger charge is 2.39. The van der Waals surface area contributed by atoms with E-state index in [1.807, 2.05) is 47.6 Å². The summed E-state index contributed by atoms with van der Waals surface area (Å²) in [5.41, 5.74) is -1.09. The Morgan fingerprint density at radius 1 is 1.13 bits per heavy atom. The number of halogens is 1. The fourth-order valence-electron chi connectivity index (χ4n) is 3.81. The van der Waals surface area contributed by atoms with Crippen molar-refractivity contribution >= 4 is 49.4 Å². The van der Waals surface area contributed by atoms with Crippen molar-refractivity contribution in [1.82, 2.24) is 4.90 Å². The summed E-state index contributed by atoms with van der Waals surface area (Å²) in [6, 6.07) is 8.37. The molecule has 2 aromatic rings. The number of rotatable bonds is 4. The Kier molecular flexibility index (Phi) is 7.06. The molecule has 7 heteroatoms. The minimum absolute atomic E-state index is 0.0410. The van der Waals surface area contributed by atoms with Crippen molar-refractivity contribution in [3.8, 4) is 0 Å². The van der Waals surface area contributed by atoms with Gasteiger partial charge in [-0.05, 0) is 83.9 Å². The average Bonchev–Trinajstić information content (AvgIpc) is 3.22. The van der Waals surface area contributed by atoms with Gasteiger partial charge in [-0.25, -0.2) is 4.79 Å². The lowest BCUT2D eigenvalue weighted by Crippen LogP contribution is -2.38. The molecule has 0 radical (unpaired) electrons. The number of benzene rings is 1. The van der Waals surface area contributed by atoms with Crippen LogP contribution < -0.4 is 0 Å². The Morgan fingerprint density at radius 3 is 2.45 bits per heavy atom. The van der Waals surface area contributed by atoms with Crippen LogP contribution in [0.1, 0.15) is 52.8 Å². The first-order valence-corrected chi connectivity index (χ1v) is 12.3. The van der Waals surface area contributed by atoms with Gasteiger partial charge in [-0.2, -0.15) is 0 Å². The van der Waals surface area contributed by atoms with Crippen LogP contribution in [0.15, 0.2) is 28.7 Å². The highest BCUT2D eigenvalue weighted by Crippen LogP contribution is 2.35. The van der Waals surface area contributed by atoms with Gasteiger partial charge < -0.3 is 14.4 Å². The first kappa shape index (κ1) is 24.1. The Bertz CT molecular complexity index is 957. The van der Waals surface area contributed by atoms with Gasteiger partial charge in [-0.3, -0.25) is 4.79 Å². The van der Waals surface area contributed by atoms with Crippen molar-refractivity contribution in [1.29, 1.82) is 0 Å². The van der Waals surface area contributed by atoms with Gasteiger partial charge in [-0.15, -0.1) is 11.3 Å². The molecule has 1 aromatic heterocycles. The molecule has 1 fully saturated rings. The van der Waals surface area contributed by atoms with Crippen LogP contribution in [0.25, 0.3) is 10.1 Å². The number of amides is 1. The maximum absolute atomic E-state index is 13.2. The number of carbonyl (C=O) groups is 2. The molecule has 1 saturated heterocycles. The first-order chi connectivity index (χ1) is 14.3. The van der Waals surface area contributed by atoms with Crippen molar-refractivity contribution in [2.75, 3.05) is 13.1 Å². The molecule has 0 N–H and O–H groups in total. The highest BCUT2D eigenvalue weighted by molar-refractivity contribution is 9.10. The lowest BCUT2D eigenvalue weighted by molar-refractivity contribution is -0.161. The molecule has 2 heterocycles. The number of fused-ring (bicyclic) bond motifs is 1. The third-order valence-corrected chi connectivity index (χ3v) is 6.72. The van der Waals surface area contributed by atoms with Crippen LogP contribution in [0.4, 0.5) is 4.79 Å². The van der Waals surface area contributed by atoms with E-state index in [0.29, 0.717) is 19.5 Å². The van der Waals surface area contributed by atoms with E-state index in [2.05, 4.69) is 34.1 Å². The molecule has 0 unspecified atom stereocenters. The lowest BCUT2D eigenvalue weighted by Gasteiger charge is -2.28. The molecule has 1 amide bonds. The zero-order chi connectivity index (χ0) is 23.0. The smallest absolute Gasteiger partial charge is 0.410 e. The van der Waals surface area contributed by atoms with Crippen LogP contribution >= 0.6 is 27.3 Å². The van der Waals surface area contributed by atoms with E-state index in [-0.39, 0.29) is 23.9 Å². The molecule has 31 heavy (non-hydrogen) atoms. The van der Waals surface area contributed by atoms with Gasteiger partial charge in [0.2, 0.25) is 0 Å². The number of esters is 1. The van der Waals surface area contributed by atoms with Gasteiger partial charge in [-0.1, -0.05) is 22.0 Å². The molecule has 1 aliphatic heterocycles. The minimum Gasteiger partial charge on any atom is -0.460 e. The van der Waals surface area contributed by atoms with E-state index in [0.717, 1.165) is 15.8 Å². The van der Waals surface area contributed by atoms with Gasteiger partial charge >= 0.3 is 12.1 Å². The quantitative estimate of drug-likeness (QED) is 0.446. The maximum Gasteiger partial charge on any atom is 0.410 e. The minimum atomic E-state index is -0.552. The van der Waals surface area contributed by atoms with Crippen LogP contribution in [0, 0.1) is 11.8 Å². The molecule has 3 rings (SSSR count). The highest BCUT2D eigenvalue weighted by atomic mass is 79.9. The molecule has 0 aliphatic carbocycles. The number of carbonyl (C=O) groups excluding carboxylic acids is 2. The number of hydrogen-bond acceptors (Lipinski definition) is 5. The SMILES string of the molecule is CC(C)(C)OC(=O)[C@@H](Cc1cc2ccc(Br)cc2s1)[C@H]1CCN(C(=O)OC(C)(C)C)C1. The molecule has 0 spiro atoms. The topological polar surface area (TPSA) is 55.8 Å². The molecule has 2 atom stereocenters. The van der Waals surface area contributed by atoms with Gasteiger partial charge in [0.05, 0.1) is 5.92 Å². The van der Waals surface area contributed by atoms with Crippen molar-refractivity contribution in [2.24, 2.45) is 11.8 Å². The van der Waals surface area contributed by atoms with Crippen LogP contribution in [0.5, 0.6) is 0 Å². The summed E-state index contributed by atoms with van der Waals surface area (Å²) in [6.07, 6.45) is 1.06. The van der Waals surface area contributed by atoms with E-state index >= 15 is 0 Å². The van der Waals surface area contributed by atoms with E-state index in [1.165, 1.54) is 10.1 Å². The summed E-state index contributed by atoms with van der Waals surface area (Å²) < 4.78 is 13.5. The van der Waals surface area contributed by atoms with Crippen LogP contribution in [0.2, 0.25) is 0 Å². The molecule has 170 valence electrons. The molecule has 1 aromatic carbocycles. The first-order valence-electron chi connectivity index (χ1n) is 10.7. The molecular weight excluding hydrogens is 478 g/mol. The van der Waals surface area contributed by atoms with Gasteiger partial charge in [0, 0.05) is 27.1 Å². The summed E-state index contributed by atoms with van der Waals surface area (Å²) in [5.74, 6) is -0.454. The van der Waals surface area contributed by atoms with E-state index in [1.54, 1.807) is 16.2 Å². The predicted octanol–water partition coefficient (Wildman–Crippen LogP) is 6.42. The molecular formula is C24H32BrNO4S. The van der Waals surface area contributed by atoms with Crippen LogP contribution in [-0.4, -0.2) is 41.3 Å². The fraction of sp³-hybridized carbons (Fsp3) is 0.583. The second kappa shape index (κ2) is 9.10. The third-order valence-electron chi connectivity index (χ3n) is 5.11. The van der Waals surface area contributed by atoms with Crippen molar-refractivity contribution in [3.63, 3.8) is 0 Å². The Labute approximate surface area is 197 Å². The predicted molar refractivity (Wildman–Crippen MR) is 128 cm³/mol. The fourth-order valence-corrected chi connectivity index (χ4v) is 5.48. The van der Waals surface area contributed by atoms with Crippen LogP contribution in [-0.2, 0) is 20.7 Å². The summed E-state index contributed by atoms with van der Waals surface area (Å²) in [4.78, 5) is 28.6. The molecule has 5 nitrogen and oxygen atoms in total. The van der Waals surface area contributed by atoms with Gasteiger partial charge in [0.1, 0.15) is 11.2 Å². The van der Waals surface area contributed by atoms with E-state index < -0.39 is 11.2 Å². The zero-order valence-electron chi connectivity index (χ0n) is 19.2.